The Labute approximate surface area is 116 Å². The van der Waals surface area contributed by atoms with Crippen molar-refractivity contribution in [1.29, 1.82) is 0 Å². The molecule has 0 radical (unpaired) electrons. The number of thiazole rings is 1. The molecule has 1 unspecified atom stereocenters. The van der Waals surface area contributed by atoms with Crippen LogP contribution in [0.15, 0.2) is 35.7 Å². The monoisotopic (exact) mass is 269 g/mol. The van der Waals surface area contributed by atoms with E-state index >= 15 is 0 Å². The Bertz CT molecular complexity index is 731. The minimum absolute atomic E-state index is 0.0356. The molecule has 0 aliphatic carbocycles. The fourth-order valence-electron chi connectivity index (χ4n) is 2.07. The van der Waals surface area contributed by atoms with E-state index in [9.17, 15) is 0 Å². The lowest BCUT2D eigenvalue weighted by molar-refractivity contribution is 0.790. The lowest BCUT2D eigenvalue weighted by Crippen LogP contribution is -2.04. The Balaban J connectivity index is 2.14. The maximum absolute atomic E-state index is 5.85. The minimum Gasteiger partial charge on any atom is -0.323 e. The Morgan fingerprint density at radius 1 is 1.21 bits per heavy atom. The molecule has 96 valence electrons. The van der Waals surface area contributed by atoms with Gasteiger partial charge in [0.25, 0.3) is 0 Å². The Kier molecular flexibility index (Phi) is 3.05. The normalized spacial score (nSPS) is 12.8. The van der Waals surface area contributed by atoms with Crippen molar-refractivity contribution in [2.75, 3.05) is 0 Å². The number of benzene rings is 1. The zero-order chi connectivity index (χ0) is 13.4. The molecular formula is C15H15N3S. The summed E-state index contributed by atoms with van der Waals surface area (Å²) < 4.78 is 0. The summed E-state index contributed by atoms with van der Waals surface area (Å²) >= 11 is 1.59. The summed E-state index contributed by atoms with van der Waals surface area (Å²) in [4.78, 5) is 9.25. The summed E-state index contributed by atoms with van der Waals surface area (Å²) in [6.45, 7) is 4.05. The van der Waals surface area contributed by atoms with Gasteiger partial charge >= 0.3 is 0 Å². The second-order valence-corrected chi connectivity index (χ2v) is 5.57. The molecule has 0 aliphatic heterocycles. The van der Waals surface area contributed by atoms with Crippen molar-refractivity contribution in [2.45, 2.75) is 19.9 Å². The van der Waals surface area contributed by atoms with Crippen LogP contribution in [0.25, 0.3) is 21.6 Å². The molecule has 3 aromatic rings. The third-order valence-corrected chi connectivity index (χ3v) is 4.01. The summed E-state index contributed by atoms with van der Waals surface area (Å²) in [7, 11) is 0. The molecule has 2 aromatic heterocycles. The van der Waals surface area contributed by atoms with Gasteiger partial charge in [0.1, 0.15) is 5.01 Å². The van der Waals surface area contributed by atoms with Crippen molar-refractivity contribution >= 4 is 22.2 Å². The van der Waals surface area contributed by atoms with Crippen LogP contribution in [0.3, 0.4) is 0 Å². The van der Waals surface area contributed by atoms with Crippen LogP contribution in [-0.2, 0) is 0 Å². The van der Waals surface area contributed by atoms with Crippen molar-refractivity contribution < 1.29 is 0 Å². The first-order chi connectivity index (χ1) is 9.15. The SMILES string of the molecule is Cc1cc(-c2nc(C(C)N)cs2)nc2ccccc12. The highest BCUT2D eigenvalue weighted by Gasteiger charge is 2.10. The average Bonchev–Trinajstić information content (AvgIpc) is 2.88. The molecule has 0 saturated heterocycles. The number of nitrogens with two attached hydrogens (primary N) is 1. The standard InChI is InChI=1S/C15H15N3S/c1-9-7-13(15-18-14(8-19-15)10(2)16)17-12-6-4-3-5-11(9)12/h3-8,10H,16H2,1-2H3. The van der Waals surface area contributed by atoms with E-state index in [0.29, 0.717) is 0 Å². The molecule has 4 heteroatoms. The number of pyridine rings is 1. The summed E-state index contributed by atoms with van der Waals surface area (Å²) in [6, 6.07) is 10.2. The van der Waals surface area contributed by atoms with Gasteiger partial charge in [-0.1, -0.05) is 18.2 Å². The van der Waals surface area contributed by atoms with E-state index in [4.69, 9.17) is 5.73 Å². The van der Waals surface area contributed by atoms with E-state index in [0.717, 1.165) is 21.9 Å². The van der Waals surface area contributed by atoms with Crippen molar-refractivity contribution in [3.05, 3.63) is 47.0 Å². The second-order valence-electron chi connectivity index (χ2n) is 4.71. The number of hydrogen-bond acceptors (Lipinski definition) is 4. The fraction of sp³-hybridized carbons (Fsp3) is 0.200. The first-order valence-electron chi connectivity index (χ1n) is 6.23. The summed E-state index contributed by atoms with van der Waals surface area (Å²) in [5.74, 6) is 0. The quantitative estimate of drug-likeness (QED) is 0.772. The molecule has 0 bridgehead atoms. The lowest BCUT2D eigenvalue weighted by Gasteiger charge is -2.04. The summed E-state index contributed by atoms with van der Waals surface area (Å²) in [5.41, 5.74) is 9.93. The van der Waals surface area contributed by atoms with Crippen LogP contribution in [-0.4, -0.2) is 9.97 Å². The molecule has 1 aromatic carbocycles. The average molecular weight is 269 g/mol. The van der Waals surface area contributed by atoms with Crippen molar-refractivity contribution in [2.24, 2.45) is 5.73 Å². The molecule has 2 heterocycles. The minimum atomic E-state index is -0.0356. The molecule has 0 aliphatic rings. The molecule has 0 spiro atoms. The third-order valence-electron chi connectivity index (χ3n) is 3.13. The van der Waals surface area contributed by atoms with Crippen LogP contribution < -0.4 is 5.73 Å². The molecule has 0 amide bonds. The largest absolute Gasteiger partial charge is 0.323 e. The van der Waals surface area contributed by atoms with E-state index < -0.39 is 0 Å². The highest BCUT2D eigenvalue weighted by molar-refractivity contribution is 7.13. The predicted molar refractivity (Wildman–Crippen MR) is 80.2 cm³/mol. The van der Waals surface area contributed by atoms with E-state index in [2.05, 4.69) is 29.0 Å². The van der Waals surface area contributed by atoms with Gasteiger partial charge in [0, 0.05) is 16.8 Å². The number of para-hydroxylation sites is 1. The molecule has 0 saturated carbocycles. The third kappa shape index (κ3) is 2.25. The number of rotatable bonds is 2. The van der Waals surface area contributed by atoms with Gasteiger partial charge in [0.15, 0.2) is 0 Å². The van der Waals surface area contributed by atoms with Crippen LogP contribution >= 0.6 is 11.3 Å². The molecule has 3 nitrogen and oxygen atoms in total. The second kappa shape index (κ2) is 4.72. The Hall–Kier alpha value is -1.78. The van der Waals surface area contributed by atoms with Gasteiger partial charge in [-0.2, -0.15) is 0 Å². The number of nitrogens with zero attached hydrogens (tertiary/aromatic N) is 2. The van der Waals surface area contributed by atoms with Crippen LogP contribution in [0.2, 0.25) is 0 Å². The summed E-state index contributed by atoms with van der Waals surface area (Å²) in [5, 5.41) is 4.13. The van der Waals surface area contributed by atoms with Crippen LogP contribution in [0.1, 0.15) is 24.2 Å². The number of hydrogen-bond donors (Lipinski definition) is 1. The van der Waals surface area contributed by atoms with E-state index in [-0.39, 0.29) is 6.04 Å². The van der Waals surface area contributed by atoms with E-state index in [1.54, 1.807) is 11.3 Å². The first-order valence-corrected chi connectivity index (χ1v) is 7.11. The number of aromatic nitrogens is 2. The molecule has 3 rings (SSSR count). The van der Waals surface area contributed by atoms with Crippen LogP contribution in [0.4, 0.5) is 0 Å². The van der Waals surface area contributed by atoms with Gasteiger partial charge < -0.3 is 5.73 Å². The lowest BCUT2D eigenvalue weighted by atomic mass is 10.1. The van der Waals surface area contributed by atoms with Gasteiger partial charge in [-0.05, 0) is 31.5 Å². The number of fused-ring (bicyclic) bond motifs is 1. The van der Waals surface area contributed by atoms with Crippen LogP contribution in [0, 0.1) is 6.92 Å². The van der Waals surface area contributed by atoms with Crippen LogP contribution in [0.5, 0.6) is 0 Å². The predicted octanol–water partition coefficient (Wildman–Crippen LogP) is 3.69. The Morgan fingerprint density at radius 3 is 2.74 bits per heavy atom. The highest BCUT2D eigenvalue weighted by atomic mass is 32.1. The Morgan fingerprint density at radius 2 is 2.00 bits per heavy atom. The fourth-order valence-corrected chi connectivity index (χ4v) is 2.96. The van der Waals surface area contributed by atoms with E-state index in [1.165, 1.54) is 10.9 Å². The zero-order valence-corrected chi connectivity index (χ0v) is 11.7. The van der Waals surface area contributed by atoms with E-state index in [1.807, 2.05) is 30.5 Å². The van der Waals surface area contributed by atoms with Gasteiger partial charge in [0.2, 0.25) is 0 Å². The zero-order valence-electron chi connectivity index (χ0n) is 10.9. The maximum atomic E-state index is 5.85. The van der Waals surface area contributed by atoms with Gasteiger partial charge in [-0.25, -0.2) is 9.97 Å². The van der Waals surface area contributed by atoms with Gasteiger partial charge in [0.05, 0.1) is 16.9 Å². The van der Waals surface area contributed by atoms with Crippen molar-refractivity contribution in [1.82, 2.24) is 9.97 Å². The first kappa shape index (κ1) is 12.3. The molecule has 19 heavy (non-hydrogen) atoms. The molecule has 1 atom stereocenters. The van der Waals surface area contributed by atoms with Gasteiger partial charge in [-0.15, -0.1) is 11.3 Å². The topological polar surface area (TPSA) is 51.8 Å². The maximum Gasteiger partial charge on any atom is 0.142 e. The smallest absolute Gasteiger partial charge is 0.142 e. The number of aryl methyl sites for hydroxylation is 1. The van der Waals surface area contributed by atoms with Gasteiger partial charge in [-0.3, -0.25) is 0 Å². The van der Waals surface area contributed by atoms with Crippen molar-refractivity contribution in [3.8, 4) is 10.7 Å². The highest BCUT2D eigenvalue weighted by Crippen LogP contribution is 2.27. The van der Waals surface area contributed by atoms with Crippen molar-refractivity contribution in [3.63, 3.8) is 0 Å². The molecular weight excluding hydrogens is 254 g/mol. The summed E-state index contributed by atoms with van der Waals surface area (Å²) in [6.07, 6.45) is 0. The molecule has 2 N–H and O–H groups in total. The molecule has 0 fully saturated rings.